The molecule has 1 aromatic heterocycles. The van der Waals surface area contributed by atoms with Gasteiger partial charge in [-0.3, -0.25) is 10.1 Å². The maximum Gasteiger partial charge on any atom is 0.315 e. The van der Waals surface area contributed by atoms with Gasteiger partial charge in [0.2, 0.25) is 0 Å². The summed E-state index contributed by atoms with van der Waals surface area (Å²) in [7, 11) is 0. The zero-order chi connectivity index (χ0) is 11.1. The summed E-state index contributed by atoms with van der Waals surface area (Å²) in [5.74, 6) is 0. The number of fused-ring (bicyclic) bond motifs is 3. The molecular formula is C10H8N4O2. The van der Waals surface area contributed by atoms with Gasteiger partial charge in [-0.15, -0.1) is 0 Å². The lowest BCUT2D eigenvalue weighted by Gasteiger charge is -2.18. The van der Waals surface area contributed by atoms with Gasteiger partial charge < -0.3 is 5.32 Å². The highest BCUT2D eigenvalue weighted by atomic mass is 16.6. The molecule has 1 N–H and O–H groups in total. The summed E-state index contributed by atoms with van der Waals surface area (Å²) in [6, 6.07) is 7.49. The van der Waals surface area contributed by atoms with Crippen LogP contribution >= 0.6 is 0 Å². The molecule has 0 fully saturated rings. The Morgan fingerprint density at radius 1 is 1.44 bits per heavy atom. The molecule has 0 saturated heterocycles. The Kier molecular flexibility index (Phi) is 1.70. The Morgan fingerprint density at radius 2 is 2.25 bits per heavy atom. The summed E-state index contributed by atoms with van der Waals surface area (Å²) in [5, 5.41) is 18.0. The lowest BCUT2D eigenvalue weighted by molar-refractivity contribution is -0.384. The average Bonchev–Trinajstić information content (AvgIpc) is 2.73. The van der Waals surface area contributed by atoms with E-state index in [1.807, 2.05) is 24.3 Å². The first-order valence-electron chi connectivity index (χ1n) is 4.81. The van der Waals surface area contributed by atoms with E-state index in [1.54, 1.807) is 4.68 Å². The molecule has 16 heavy (non-hydrogen) atoms. The number of nitrogens with one attached hydrogen (secondary N) is 1. The lowest BCUT2D eigenvalue weighted by Crippen LogP contribution is -2.16. The SMILES string of the molecule is O=[N+]([O-])c1cnn2c1-c1ccccc1NC2. The number of aromatic nitrogens is 2. The topological polar surface area (TPSA) is 73.0 Å². The monoisotopic (exact) mass is 216 g/mol. The van der Waals surface area contributed by atoms with Gasteiger partial charge in [-0.05, 0) is 6.07 Å². The summed E-state index contributed by atoms with van der Waals surface area (Å²) < 4.78 is 1.60. The fraction of sp³-hybridized carbons (Fsp3) is 0.100. The first kappa shape index (κ1) is 8.90. The minimum atomic E-state index is -0.402. The molecule has 0 spiro atoms. The van der Waals surface area contributed by atoms with Crippen LogP contribution in [0.4, 0.5) is 11.4 Å². The highest BCUT2D eigenvalue weighted by Crippen LogP contribution is 2.37. The molecule has 0 unspecified atom stereocenters. The van der Waals surface area contributed by atoms with Crippen molar-refractivity contribution in [1.29, 1.82) is 0 Å². The molecule has 0 atom stereocenters. The van der Waals surface area contributed by atoms with Crippen LogP contribution in [0.5, 0.6) is 0 Å². The van der Waals surface area contributed by atoms with Crippen molar-refractivity contribution in [1.82, 2.24) is 9.78 Å². The number of benzene rings is 1. The lowest BCUT2D eigenvalue weighted by atomic mass is 10.1. The zero-order valence-electron chi connectivity index (χ0n) is 8.25. The van der Waals surface area contributed by atoms with Crippen LogP contribution in [0.1, 0.15) is 0 Å². The number of anilines is 1. The second kappa shape index (κ2) is 3.06. The summed E-state index contributed by atoms with van der Waals surface area (Å²) in [5.41, 5.74) is 2.34. The fourth-order valence-corrected chi connectivity index (χ4v) is 1.91. The third-order valence-electron chi connectivity index (χ3n) is 2.62. The Balaban J connectivity index is 2.29. The third kappa shape index (κ3) is 1.10. The van der Waals surface area contributed by atoms with Gasteiger partial charge in [-0.1, -0.05) is 18.2 Å². The predicted octanol–water partition coefficient (Wildman–Crippen LogP) is 1.84. The normalized spacial score (nSPS) is 12.5. The smallest absolute Gasteiger partial charge is 0.315 e. The minimum absolute atomic E-state index is 0.0500. The van der Waals surface area contributed by atoms with Crippen LogP contribution in [0.25, 0.3) is 11.3 Å². The molecule has 1 aromatic carbocycles. The van der Waals surface area contributed by atoms with Gasteiger partial charge in [-0.25, -0.2) is 4.68 Å². The third-order valence-corrected chi connectivity index (χ3v) is 2.62. The van der Waals surface area contributed by atoms with E-state index in [0.717, 1.165) is 11.3 Å². The van der Waals surface area contributed by atoms with Crippen molar-refractivity contribution in [3.8, 4) is 11.3 Å². The molecule has 0 radical (unpaired) electrons. The largest absolute Gasteiger partial charge is 0.366 e. The van der Waals surface area contributed by atoms with Crippen molar-refractivity contribution < 1.29 is 4.92 Å². The van der Waals surface area contributed by atoms with E-state index in [1.165, 1.54) is 6.20 Å². The molecule has 1 aliphatic rings. The van der Waals surface area contributed by atoms with Crippen LogP contribution in [-0.2, 0) is 6.67 Å². The van der Waals surface area contributed by atoms with E-state index < -0.39 is 4.92 Å². The van der Waals surface area contributed by atoms with Crippen molar-refractivity contribution in [2.24, 2.45) is 0 Å². The van der Waals surface area contributed by atoms with Gasteiger partial charge in [0.15, 0.2) is 5.69 Å². The van der Waals surface area contributed by atoms with E-state index in [9.17, 15) is 10.1 Å². The van der Waals surface area contributed by atoms with Gasteiger partial charge in [-0.2, -0.15) is 5.10 Å². The van der Waals surface area contributed by atoms with Crippen molar-refractivity contribution in [3.63, 3.8) is 0 Å². The molecule has 80 valence electrons. The number of hydrogen-bond acceptors (Lipinski definition) is 4. The molecule has 0 saturated carbocycles. The highest BCUT2D eigenvalue weighted by molar-refractivity contribution is 5.82. The van der Waals surface area contributed by atoms with Gasteiger partial charge in [0.1, 0.15) is 12.9 Å². The summed E-state index contributed by atoms with van der Waals surface area (Å²) in [6.45, 7) is 0.459. The van der Waals surface area contributed by atoms with Gasteiger partial charge in [0.05, 0.1) is 4.92 Å². The fourth-order valence-electron chi connectivity index (χ4n) is 1.91. The Labute approximate surface area is 90.7 Å². The molecule has 0 bridgehead atoms. The van der Waals surface area contributed by atoms with E-state index in [2.05, 4.69) is 10.4 Å². The molecule has 0 aliphatic carbocycles. The Bertz CT molecular complexity index is 576. The molecule has 1 aliphatic heterocycles. The van der Waals surface area contributed by atoms with Crippen molar-refractivity contribution in [3.05, 3.63) is 40.6 Å². The van der Waals surface area contributed by atoms with Crippen molar-refractivity contribution in [2.45, 2.75) is 6.67 Å². The molecule has 6 heteroatoms. The molecule has 3 rings (SSSR count). The summed E-state index contributed by atoms with van der Waals surface area (Å²) in [6.07, 6.45) is 1.29. The quantitative estimate of drug-likeness (QED) is 0.583. The van der Waals surface area contributed by atoms with Crippen LogP contribution in [-0.4, -0.2) is 14.7 Å². The first-order valence-corrected chi connectivity index (χ1v) is 4.81. The Hall–Kier alpha value is -2.37. The number of para-hydroxylation sites is 1. The van der Waals surface area contributed by atoms with Gasteiger partial charge >= 0.3 is 5.69 Å². The summed E-state index contributed by atoms with van der Waals surface area (Å²) in [4.78, 5) is 10.5. The molecule has 0 amide bonds. The zero-order valence-corrected chi connectivity index (χ0v) is 8.25. The highest BCUT2D eigenvalue weighted by Gasteiger charge is 2.26. The van der Waals surface area contributed by atoms with E-state index >= 15 is 0 Å². The predicted molar refractivity (Wildman–Crippen MR) is 57.9 cm³/mol. The second-order valence-electron chi connectivity index (χ2n) is 3.52. The molecule has 6 nitrogen and oxygen atoms in total. The summed E-state index contributed by atoms with van der Waals surface area (Å²) >= 11 is 0. The van der Waals surface area contributed by atoms with E-state index in [0.29, 0.717) is 12.4 Å². The van der Waals surface area contributed by atoms with Crippen LogP contribution in [0.2, 0.25) is 0 Å². The van der Waals surface area contributed by atoms with Gasteiger partial charge in [0, 0.05) is 11.3 Å². The first-order chi connectivity index (χ1) is 7.77. The molecule has 2 aromatic rings. The molecular weight excluding hydrogens is 208 g/mol. The molecule has 2 heterocycles. The number of nitrogens with zero attached hydrogens (tertiary/aromatic N) is 3. The van der Waals surface area contributed by atoms with Gasteiger partial charge in [0.25, 0.3) is 0 Å². The van der Waals surface area contributed by atoms with Crippen molar-refractivity contribution >= 4 is 11.4 Å². The van der Waals surface area contributed by atoms with Crippen LogP contribution in [0.3, 0.4) is 0 Å². The van der Waals surface area contributed by atoms with Crippen LogP contribution < -0.4 is 5.32 Å². The number of hydrogen-bond donors (Lipinski definition) is 1. The minimum Gasteiger partial charge on any atom is -0.366 e. The van der Waals surface area contributed by atoms with E-state index in [4.69, 9.17) is 0 Å². The van der Waals surface area contributed by atoms with Crippen LogP contribution in [0, 0.1) is 10.1 Å². The van der Waals surface area contributed by atoms with E-state index in [-0.39, 0.29) is 5.69 Å². The van der Waals surface area contributed by atoms with Crippen LogP contribution in [0.15, 0.2) is 30.5 Å². The second-order valence-corrected chi connectivity index (χ2v) is 3.52. The maximum atomic E-state index is 10.9. The number of nitro groups is 1. The van der Waals surface area contributed by atoms with Crippen molar-refractivity contribution in [2.75, 3.05) is 5.32 Å². The standard InChI is InChI=1S/C10H8N4O2/c15-14(16)9-5-12-13-6-11-8-4-2-1-3-7(8)10(9)13/h1-5,11H,6H2. The average molecular weight is 216 g/mol. The number of rotatable bonds is 1. The Morgan fingerprint density at radius 3 is 3.06 bits per heavy atom. The maximum absolute atomic E-state index is 10.9.